The number of likely N-dealkylation sites (tertiary alicyclic amines) is 1. The van der Waals surface area contributed by atoms with Gasteiger partial charge in [0.2, 0.25) is 10.0 Å². The van der Waals surface area contributed by atoms with E-state index in [-0.39, 0.29) is 16.8 Å². The highest BCUT2D eigenvalue weighted by molar-refractivity contribution is 7.89. The molecule has 1 saturated heterocycles. The van der Waals surface area contributed by atoms with Crippen LogP contribution in [0.5, 0.6) is 5.75 Å². The van der Waals surface area contributed by atoms with Crippen LogP contribution in [0.3, 0.4) is 0 Å². The van der Waals surface area contributed by atoms with Gasteiger partial charge in [-0.05, 0) is 62.1 Å². The van der Waals surface area contributed by atoms with Crippen molar-refractivity contribution in [2.75, 3.05) is 20.2 Å². The van der Waals surface area contributed by atoms with Crippen molar-refractivity contribution in [2.24, 2.45) is 11.8 Å². The molecule has 0 radical (unpaired) electrons. The van der Waals surface area contributed by atoms with Crippen LogP contribution in [0.1, 0.15) is 61.7 Å². The Morgan fingerprint density at radius 3 is 2.46 bits per heavy atom. The van der Waals surface area contributed by atoms with Gasteiger partial charge in [0.25, 0.3) is 5.91 Å². The number of sulfonamides is 1. The lowest BCUT2D eigenvalue weighted by molar-refractivity contribution is 0.0758. The predicted octanol–water partition coefficient (Wildman–Crippen LogP) is 3.18. The second-order valence-corrected chi connectivity index (χ2v) is 10.2. The summed E-state index contributed by atoms with van der Waals surface area (Å²) < 4.78 is 34.3. The average molecular weight is 407 g/mol. The van der Waals surface area contributed by atoms with E-state index in [0.717, 1.165) is 44.9 Å². The fourth-order valence-electron chi connectivity index (χ4n) is 5.12. The summed E-state index contributed by atoms with van der Waals surface area (Å²) in [5.41, 5.74) is 0.334. The highest BCUT2D eigenvalue weighted by atomic mass is 32.2. The number of fused-ring (bicyclic) bond motifs is 2. The first-order valence-electron chi connectivity index (χ1n) is 10.5. The normalized spacial score (nSPS) is 27.6. The molecule has 0 spiro atoms. The average Bonchev–Trinajstić information content (AvgIpc) is 3.19. The summed E-state index contributed by atoms with van der Waals surface area (Å²) in [6.45, 7) is 1.42. The van der Waals surface area contributed by atoms with Crippen LogP contribution in [0, 0.1) is 11.8 Å². The van der Waals surface area contributed by atoms with Crippen LogP contribution in [-0.4, -0.2) is 45.5 Å². The zero-order valence-corrected chi connectivity index (χ0v) is 17.3. The molecule has 4 rings (SSSR count). The minimum absolute atomic E-state index is 0.0237. The monoisotopic (exact) mass is 406 g/mol. The fourth-order valence-corrected chi connectivity index (χ4v) is 6.47. The van der Waals surface area contributed by atoms with Gasteiger partial charge in [0.1, 0.15) is 5.75 Å². The SMILES string of the molecule is COc1ccc(S(=O)(=O)N[C@H]2C[C@H]3CC[C@H]2C3)cc1C(=O)N1CCCCCC1. The molecule has 2 aliphatic carbocycles. The third-order valence-electron chi connectivity index (χ3n) is 6.65. The van der Waals surface area contributed by atoms with Crippen molar-refractivity contribution in [2.45, 2.75) is 62.3 Å². The Kier molecular flexibility index (Phi) is 5.65. The molecule has 28 heavy (non-hydrogen) atoms. The number of methoxy groups -OCH3 is 1. The smallest absolute Gasteiger partial charge is 0.257 e. The standard InChI is InChI=1S/C21H30N2O4S/c1-27-20-9-8-17(14-18(20)21(24)23-10-4-2-3-5-11-23)28(25,26)22-19-13-15-6-7-16(19)12-15/h8-9,14-16,19,22H,2-7,10-13H2,1H3/t15-,16-,19-/m0/s1. The molecule has 1 aromatic carbocycles. The molecule has 0 aromatic heterocycles. The molecular formula is C21H30N2O4S. The van der Waals surface area contributed by atoms with Crippen molar-refractivity contribution in [1.29, 1.82) is 0 Å². The number of carbonyl (C=O) groups is 1. The Bertz CT molecular complexity index is 831. The molecule has 3 aliphatic rings. The summed E-state index contributed by atoms with van der Waals surface area (Å²) in [5.74, 6) is 1.40. The Hall–Kier alpha value is -1.60. The second kappa shape index (κ2) is 8.03. The van der Waals surface area contributed by atoms with Crippen LogP contribution in [-0.2, 0) is 10.0 Å². The molecule has 3 atom stereocenters. The molecule has 2 saturated carbocycles. The van der Waals surface area contributed by atoms with Crippen LogP contribution in [0.25, 0.3) is 0 Å². The molecule has 1 N–H and O–H groups in total. The zero-order valence-electron chi connectivity index (χ0n) is 16.5. The van der Waals surface area contributed by atoms with Gasteiger partial charge < -0.3 is 9.64 Å². The van der Waals surface area contributed by atoms with Crippen molar-refractivity contribution in [3.63, 3.8) is 0 Å². The third-order valence-corrected chi connectivity index (χ3v) is 8.14. The molecule has 1 amide bonds. The van der Waals surface area contributed by atoms with Crippen LogP contribution < -0.4 is 9.46 Å². The van der Waals surface area contributed by atoms with Gasteiger partial charge in [0.15, 0.2) is 0 Å². The number of hydrogen-bond acceptors (Lipinski definition) is 4. The van der Waals surface area contributed by atoms with Crippen LogP contribution >= 0.6 is 0 Å². The molecule has 2 bridgehead atoms. The lowest BCUT2D eigenvalue weighted by atomic mass is 9.96. The van der Waals surface area contributed by atoms with Gasteiger partial charge >= 0.3 is 0 Å². The summed E-state index contributed by atoms with van der Waals surface area (Å²) >= 11 is 0. The fraction of sp³-hybridized carbons (Fsp3) is 0.667. The van der Waals surface area contributed by atoms with E-state index in [2.05, 4.69) is 4.72 Å². The number of hydrogen-bond donors (Lipinski definition) is 1. The second-order valence-electron chi connectivity index (χ2n) is 8.47. The van der Waals surface area contributed by atoms with E-state index in [4.69, 9.17) is 4.74 Å². The molecule has 154 valence electrons. The molecule has 1 aliphatic heterocycles. The maximum absolute atomic E-state index is 13.1. The van der Waals surface area contributed by atoms with E-state index in [1.807, 2.05) is 4.90 Å². The lowest BCUT2D eigenvalue weighted by Crippen LogP contribution is -2.38. The largest absolute Gasteiger partial charge is 0.496 e. The van der Waals surface area contributed by atoms with Gasteiger partial charge in [-0.15, -0.1) is 0 Å². The lowest BCUT2D eigenvalue weighted by Gasteiger charge is -2.24. The number of amides is 1. The summed E-state index contributed by atoms with van der Waals surface area (Å²) in [4.78, 5) is 15.1. The van der Waals surface area contributed by atoms with Gasteiger partial charge in [-0.1, -0.05) is 19.3 Å². The first kappa shape index (κ1) is 19.7. The van der Waals surface area contributed by atoms with E-state index < -0.39 is 10.0 Å². The minimum atomic E-state index is -3.66. The Morgan fingerprint density at radius 2 is 1.86 bits per heavy atom. The number of rotatable bonds is 5. The van der Waals surface area contributed by atoms with E-state index in [1.54, 1.807) is 6.07 Å². The van der Waals surface area contributed by atoms with Crippen molar-refractivity contribution < 1.29 is 17.9 Å². The quantitative estimate of drug-likeness (QED) is 0.815. The summed E-state index contributed by atoms with van der Waals surface area (Å²) in [6, 6.07) is 4.64. The van der Waals surface area contributed by atoms with Gasteiger partial charge in [-0.3, -0.25) is 4.79 Å². The number of benzene rings is 1. The van der Waals surface area contributed by atoms with Crippen molar-refractivity contribution >= 4 is 15.9 Å². The van der Waals surface area contributed by atoms with Crippen LogP contribution in [0.4, 0.5) is 0 Å². The Morgan fingerprint density at radius 1 is 1.11 bits per heavy atom. The van der Waals surface area contributed by atoms with E-state index in [1.165, 1.54) is 25.7 Å². The predicted molar refractivity (Wildman–Crippen MR) is 107 cm³/mol. The van der Waals surface area contributed by atoms with E-state index >= 15 is 0 Å². The van der Waals surface area contributed by atoms with Gasteiger partial charge in [-0.25, -0.2) is 13.1 Å². The summed E-state index contributed by atoms with van der Waals surface area (Å²) in [7, 11) is -2.15. The maximum atomic E-state index is 13.1. The number of nitrogens with one attached hydrogen (secondary N) is 1. The maximum Gasteiger partial charge on any atom is 0.257 e. The zero-order chi connectivity index (χ0) is 19.7. The molecule has 1 heterocycles. The van der Waals surface area contributed by atoms with Gasteiger partial charge in [0.05, 0.1) is 17.6 Å². The topological polar surface area (TPSA) is 75.7 Å². The minimum Gasteiger partial charge on any atom is -0.496 e. The third kappa shape index (κ3) is 3.92. The summed E-state index contributed by atoms with van der Waals surface area (Å²) in [6.07, 6.45) is 8.62. The van der Waals surface area contributed by atoms with Crippen molar-refractivity contribution in [3.8, 4) is 5.75 Å². The molecule has 0 unspecified atom stereocenters. The number of nitrogens with zero attached hydrogens (tertiary/aromatic N) is 1. The Balaban J connectivity index is 1.57. The molecule has 6 nitrogen and oxygen atoms in total. The molecular weight excluding hydrogens is 376 g/mol. The molecule has 7 heteroatoms. The summed E-state index contributed by atoms with van der Waals surface area (Å²) in [5, 5.41) is 0. The Labute approximate surface area is 167 Å². The first-order valence-corrected chi connectivity index (χ1v) is 12.0. The number of ether oxygens (including phenoxy) is 1. The molecule has 1 aromatic rings. The van der Waals surface area contributed by atoms with E-state index in [0.29, 0.717) is 36.2 Å². The first-order chi connectivity index (χ1) is 13.5. The molecule has 3 fully saturated rings. The van der Waals surface area contributed by atoms with E-state index in [9.17, 15) is 13.2 Å². The van der Waals surface area contributed by atoms with Crippen molar-refractivity contribution in [1.82, 2.24) is 9.62 Å². The van der Waals surface area contributed by atoms with Gasteiger partial charge in [0, 0.05) is 19.1 Å². The highest BCUT2D eigenvalue weighted by Crippen LogP contribution is 2.44. The van der Waals surface area contributed by atoms with Crippen molar-refractivity contribution in [3.05, 3.63) is 23.8 Å². The highest BCUT2D eigenvalue weighted by Gasteiger charge is 2.41. The number of carbonyl (C=O) groups excluding carboxylic acids is 1. The van der Waals surface area contributed by atoms with Crippen LogP contribution in [0.15, 0.2) is 23.1 Å². The van der Waals surface area contributed by atoms with Crippen LogP contribution in [0.2, 0.25) is 0 Å². The van der Waals surface area contributed by atoms with Gasteiger partial charge in [-0.2, -0.15) is 0 Å².